The van der Waals surface area contributed by atoms with Crippen LogP contribution in [-0.2, 0) is 34.3 Å². The van der Waals surface area contributed by atoms with E-state index in [1.807, 2.05) is 52.0 Å². The fourth-order valence-corrected chi connectivity index (χ4v) is 4.22. The molecule has 0 bridgehead atoms. The molecule has 2 rings (SSSR count). The van der Waals surface area contributed by atoms with Gasteiger partial charge in [0.1, 0.15) is 0 Å². The number of aryl methyl sites for hydroxylation is 1. The molecule has 0 N–H and O–H groups in total. The van der Waals surface area contributed by atoms with E-state index in [2.05, 4.69) is 21.0 Å². The van der Waals surface area contributed by atoms with Crippen molar-refractivity contribution in [3.8, 4) is 0 Å². The van der Waals surface area contributed by atoms with Crippen LogP contribution >= 0.6 is 0 Å². The number of hydrogen-bond acceptors (Lipinski definition) is 8. The van der Waals surface area contributed by atoms with Crippen LogP contribution in [0.1, 0.15) is 68.9 Å². The number of nitrogens with zero attached hydrogens (tertiary/aromatic N) is 1. The Morgan fingerprint density at radius 3 is 2.00 bits per heavy atom. The van der Waals surface area contributed by atoms with Crippen LogP contribution < -0.4 is 0 Å². The SMILES string of the molecule is CC(=O)OC(c1ccc(C)cc1)c1cc(CC(C)C(OCCC(C)O[Si])OCCC(C)O[Si])ccc1[N+](=O)[O-]. The lowest BCUT2D eigenvalue weighted by atomic mass is 9.93. The lowest BCUT2D eigenvalue weighted by Crippen LogP contribution is -2.29. The quantitative estimate of drug-likeness (QED) is 0.0872. The number of rotatable bonds is 17. The first kappa shape index (κ1) is 32.8. The molecule has 0 amide bonds. The molecule has 11 heteroatoms. The van der Waals surface area contributed by atoms with Crippen LogP contribution in [0.25, 0.3) is 0 Å². The molecule has 0 aliphatic carbocycles. The molecule has 4 unspecified atom stereocenters. The van der Waals surface area contributed by atoms with Gasteiger partial charge in [-0.05, 0) is 57.2 Å². The number of esters is 1. The summed E-state index contributed by atoms with van der Waals surface area (Å²) in [6, 6.07) is 12.3. The van der Waals surface area contributed by atoms with Crippen molar-refractivity contribution < 1.29 is 32.8 Å². The highest BCUT2D eigenvalue weighted by Gasteiger charge is 2.28. The maximum absolute atomic E-state index is 12.0. The summed E-state index contributed by atoms with van der Waals surface area (Å²) in [4.78, 5) is 23.5. The molecule has 6 radical (unpaired) electrons. The van der Waals surface area contributed by atoms with Gasteiger partial charge in [-0.15, -0.1) is 0 Å². The summed E-state index contributed by atoms with van der Waals surface area (Å²) in [5.41, 5.74) is 2.71. The molecular formula is C28H37NO8Si2. The molecule has 0 saturated carbocycles. The molecule has 39 heavy (non-hydrogen) atoms. The average molecular weight is 572 g/mol. The minimum Gasteiger partial charge on any atom is -0.452 e. The standard InChI is InChI=1S/C28H37NO8Si2/c1-18-6-9-24(10-7-18)27(35-22(5)30)25-17-23(8-11-26(25)29(31)32)16-19(2)28(33-14-12-20(3)36-38)34-15-13-21(4)37-39/h6-11,17,19-21,27-28H,12-16H2,1-5H3. The topological polar surface area (TPSA) is 106 Å². The van der Waals surface area contributed by atoms with Crippen LogP contribution in [0.15, 0.2) is 42.5 Å². The number of nitro benzene ring substituents is 1. The molecule has 2 aromatic carbocycles. The largest absolute Gasteiger partial charge is 0.452 e. The minimum absolute atomic E-state index is 0.0311. The molecule has 210 valence electrons. The summed E-state index contributed by atoms with van der Waals surface area (Å²) in [7, 11) is 6.11. The van der Waals surface area contributed by atoms with Crippen LogP contribution in [0, 0.1) is 23.0 Å². The van der Waals surface area contributed by atoms with Crippen molar-refractivity contribution in [3.05, 3.63) is 74.8 Å². The first-order valence-electron chi connectivity index (χ1n) is 12.9. The molecule has 0 aliphatic rings. The Hall–Kier alpha value is -2.42. The zero-order chi connectivity index (χ0) is 28.9. The van der Waals surface area contributed by atoms with E-state index >= 15 is 0 Å². The van der Waals surface area contributed by atoms with Gasteiger partial charge in [-0.25, -0.2) is 0 Å². The predicted octanol–water partition coefficient (Wildman–Crippen LogP) is 4.85. The van der Waals surface area contributed by atoms with Crippen molar-refractivity contribution in [1.82, 2.24) is 0 Å². The van der Waals surface area contributed by atoms with Crippen LogP contribution in [0.3, 0.4) is 0 Å². The molecule has 4 atom stereocenters. The smallest absolute Gasteiger partial charge is 0.303 e. The maximum Gasteiger partial charge on any atom is 0.303 e. The average Bonchev–Trinajstić information content (AvgIpc) is 2.90. The molecule has 0 aliphatic heterocycles. The third kappa shape index (κ3) is 10.9. The normalized spacial score (nSPS) is 15.3. The van der Waals surface area contributed by atoms with E-state index in [9.17, 15) is 14.9 Å². The molecule has 0 aromatic heterocycles. The summed E-state index contributed by atoms with van der Waals surface area (Å²) in [6.07, 6.45) is 0.350. The Bertz CT molecular complexity index is 1040. The van der Waals surface area contributed by atoms with Crippen molar-refractivity contribution in [3.63, 3.8) is 0 Å². The Labute approximate surface area is 237 Å². The lowest BCUT2D eigenvalue weighted by Gasteiger charge is -2.26. The minimum atomic E-state index is -0.918. The third-order valence-electron chi connectivity index (χ3n) is 6.27. The van der Waals surface area contributed by atoms with E-state index in [0.717, 1.165) is 11.1 Å². The van der Waals surface area contributed by atoms with Crippen molar-refractivity contribution in [1.29, 1.82) is 0 Å². The van der Waals surface area contributed by atoms with Gasteiger partial charge in [-0.1, -0.05) is 42.8 Å². The number of hydrogen-bond donors (Lipinski definition) is 0. The molecular weight excluding hydrogens is 534 g/mol. The van der Waals surface area contributed by atoms with Crippen molar-refractivity contribution in [2.75, 3.05) is 13.2 Å². The zero-order valence-corrected chi connectivity index (χ0v) is 25.2. The van der Waals surface area contributed by atoms with Crippen LogP contribution in [-0.4, -0.2) is 63.6 Å². The van der Waals surface area contributed by atoms with Gasteiger partial charge >= 0.3 is 5.97 Å². The number of ether oxygens (including phenoxy) is 3. The van der Waals surface area contributed by atoms with Crippen molar-refractivity contribution in [2.24, 2.45) is 5.92 Å². The van der Waals surface area contributed by atoms with E-state index < -0.39 is 23.3 Å². The zero-order valence-electron chi connectivity index (χ0n) is 23.2. The van der Waals surface area contributed by atoms with Crippen LogP contribution in [0.5, 0.6) is 0 Å². The van der Waals surface area contributed by atoms with Crippen molar-refractivity contribution >= 4 is 32.6 Å². The highest BCUT2D eigenvalue weighted by molar-refractivity contribution is 5.98. The highest BCUT2D eigenvalue weighted by Crippen LogP contribution is 2.35. The molecule has 0 heterocycles. The van der Waals surface area contributed by atoms with Gasteiger partial charge in [0.25, 0.3) is 5.69 Å². The second-order valence-electron chi connectivity index (χ2n) is 9.78. The van der Waals surface area contributed by atoms with Gasteiger partial charge in [-0.2, -0.15) is 0 Å². The molecule has 0 saturated heterocycles. The monoisotopic (exact) mass is 571 g/mol. The molecule has 0 fully saturated rings. The summed E-state index contributed by atoms with van der Waals surface area (Å²) in [5.74, 6) is -0.621. The van der Waals surface area contributed by atoms with Gasteiger partial charge in [-0.3, -0.25) is 14.9 Å². The Kier molecular flexibility index (Phi) is 14.0. The Morgan fingerprint density at radius 1 is 0.949 bits per heavy atom. The van der Waals surface area contributed by atoms with Crippen LogP contribution in [0.2, 0.25) is 0 Å². The highest BCUT2D eigenvalue weighted by atomic mass is 28.2. The van der Waals surface area contributed by atoms with E-state index in [-0.39, 0.29) is 23.8 Å². The first-order valence-corrected chi connectivity index (χ1v) is 13.8. The summed E-state index contributed by atoms with van der Waals surface area (Å²) >= 11 is 0. The molecule has 2 aromatic rings. The Balaban J connectivity index is 2.32. The van der Waals surface area contributed by atoms with Gasteiger partial charge in [0, 0.05) is 31.1 Å². The third-order valence-corrected chi connectivity index (χ3v) is 7.08. The Morgan fingerprint density at radius 2 is 1.51 bits per heavy atom. The van der Waals surface area contributed by atoms with Gasteiger partial charge in [0.05, 0.1) is 23.7 Å². The van der Waals surface area contributed by atoms with Gasteiger partial charge in [0.15, 0.2) is 12.4 Å². The summed E-state index contributed by atoms with van der Waals surface area (Å²) < 4.78 is 28.0. The summed E-state index contributed by atoms with van der Waals surface area (Å²) in [5, 5.41) is 11.9. The number of benzene rings is 2. The summed E-state index contributed by atoms with van der Waals surface area (Å²) in [6.45, 7) is 9.95. The fraction of sp³-hybridized carbons (Fsp3) is 0.536. The van der Waals surface area contributed by atoms with Gasteiger partial charge < -0.3 is 23.1 Å². The van der Waals surface area contributed by atoms with Crippen molar-refractivity contribution in [2.45, 2.75) is 78.5 Å². The second kappa shape index (κ2) is 16.6. The fourth-order valence-electron chi connectivity index (χ4n) is 3.99. The van der Waals surface area contributed by atoms with Crippen LogP contribution in [0.4, 0.5) is 5.69 Å². The van der Waals surface area contributed by atoms with E-state index in [1.165, 1.54) is 13.0 Å². The number of carbonyl (C=O) groups excluding carboxylic acids is 1. The molecule has 0 spiro atoms. The predicted molar refractivity (Wildman–Crippen MR) is 148 cm³/mol. The number of carbonyl (C=O) groups is 1. The van der Waals surface area contributed by atoms with E-state index in [0.29, 0.717) is 43.6 Å². The van der Waals surface area contributed by atoms with E-state index in [1.54, 1.807) is 12.1 Å². The first-order chi connectivity index (χ1) is 18.5. The number of nitro groups is 1. The second-order valence-corrected chi connectivity index (χ2v) is 10.2. The maximum atomic E-state index is 12.0. The lowest BCUT2D eigenvalue weighted by molar-refractivity contribution is -0.386. The van der Waals surface area contributed by atoms with Gasteiger partial charge in [0.2, 0.25) is 21.0 Å². The molecule has 9 nitrogen and oxygen atoms in total. The van der Waals surface area contributed by atoms with E-state index in [4.69, 9.17) is 23.1 Å².